The van der Waals surface area contributed by atoms with E-state index in [2.05, 4.69) is 22.5 Å². The van der Waals surface area contributed by atoms with Gasteiger partial charge in [0.05, 0.1) is 24.8 Å². The van der Waals surface area contributed by atoms with E-state index in [0.717, 1.165) is 55.5 Å². The summed E-state index contributed by atoms with van der Waals surface area (Å²) < 4.78 is 8.00. The SMILES string of the molecule is CCN1CCOC(Cn2ccc3cccc(C=O)c32)C1. The van der Waals surface area contributed by atoms with Gasteiger partial charge < -0.3 is 9.30 Å². The van der Waals surface area contributed by atoms with E-state index in [1.807, 2.05) is 24.4 Å². The first kappa shape index (κ1) is 13.3. The van der Waals surface area contributed by atoms with Crippen molar-refractivity contribution in [1.82, 2.24) is 9.47 Å². The lowest BCUT2D eigenvalue weighted by Gasteiger charge is -2.32. The van der Waals surface area contributed by atoms with E-state index in [1.165, 1.54) is 0 Å². The fourth-order valence-corrected chi connectivity index (χ4v) is 2.94. The van der Waals surface area contributed by atoms with Gasteiger partial charge in [0.2, 0.25) is 0 Å². The van der Waals surface area contributed by atoms with E-state index < -0.39 is 0 Å². The molecule has 0 aliphatic carbocycles. The van der Waals surface area contributed by atoms with Gasteiger partial charge in [0, 0.05) is 30.2 Å². The Morgan fingerprint density at radius 2 is 2.30 bits per heavy atom. The summed E-state index contributed by atoms with van der Waals surface area (Å²) in [6, 6.07) is 7.89. The predicted octanol–water partition coefficient (Wildman–Crippen LogP) is 2.17. The molecule has 1 aromatic carbocycles. The Morgan fingerprint density at radius 3 is 3.10 bits per heavy atom. The van der Waals surface area contributed by atoms with Gasteiger partial charge in [0.25, 0.3) is 0 Å². The summed E-state index contributed by atoms with van der Waals surface area (Å²) in [6.45, 7) is 6.80. The summed E-state index contributed by atoms with van der Waals surface area (Å²) in [5, 5.41) is 1.11. The van der Waals surface area contributed by atoms with Crippen LogP contribution in [0.3, 0.4) is 0 Å². The van der Waals surface area contributed by atoms with Crippen molar-refractivity contribution in [2.24, 2.45) is 0 Å². The van der Waals surface area contributed by atoms with Gasteiger partial charge in [-0.25, -0.2) is 0 Å². The van der Waals surface area contributed by atoms with Gasteiger partial charge in [0.15, 0.2) is 6.29 Å². The molecule has 4 nitrogen and oxygen atoms in total. The van der Waals surface area contributed by atoms with Crippen LogP contribution in [0.2, 0.25) is 0 Å². The van der Waals surface area contributed by atoms with Crippen LogP contribution in [0.25, 0.3) is 10.9 Å². The molecule has 1 saturated heterocycles. The van der Waals surface area contributed by atoms with Crippen molar-refractivity contribution in [2.45, 2.75) is 19.6 Å². The summed E-state index contributed by atoms with van der Waals surface area (Å²) in [4.78, 5) is 13.6. The van der Waals surface area contributed by atoms with Crippen LogP contribution in [0.15, 0.2) is 30.5 Å². The predicted molar refractivity (Wildman–Crippen MR) is 79.2 cm³/mol. The minimum absolute atomic E-state index is 0.194. The molecule has 1 aromatic heterocycles. The average Bonchev–Trinajstić information content (AvgIpc) is 2.90. The summed E-state index contributed by atoms with van der Waals surface area (Å²) in [5.41, 5.74) is 1.76. The Labute approximate surface area is 118 Å². The fourth-order valence-electron chi connectivity index (χ4n) is 2.94. The summed E-state index contributed by atoms with van der Waals surface area (Å²) in [5.74, 6) is 0. The molecule has 4 heteroatoms. The smallest absolute Gasteiger partial charge is 0.152 e. The molecule has 2 heterocycles. The van der Waals surface area contributed by atoms with Crippen LogP contribution >= 0.6 is 0 Å². The highest BCUT2D eigenvalue weighted by Gasteiger charge is 2.20. The summed E-state index contributed by atoms with van der Waals surface area (Å²) >= 11 is 0. The fraction of sp³-hybridized carbons (Fsp3) is 0.438. The molecule has 2 aromatic rings. The van der Waals surface area contributed by atoms with Gasteiger partial charge >= 0.3 is 0 Å². The zero-order chi connectivity index (χ0) is 13.9. The molecule has 1 aliphatic heterocycles. The van der Waals surface area contributed by atoms with E-state index in [4.69, 9.17) is 4.74 Å². The number of para-hydroxylation sites is 1. The third kappa shape index (κ3) is 2.49. The largest absolute Gasteiger partial charge is 0.374 e. The Balaban J connectivity index is 1.85. The summed E-state index contributed by atoms with van der Waals surface area (Å²) in [6.07, 6.45) is 3.17. The van der Waals surface area contributed by atoms with Gasteiger partial charge in [-0.1, -0.05) is 19.1 Å². The standard InChI is InChI=1S/C16H20N2O2/c1-2-17-8-9-20-15(10-17)11-18-7-6-13-4-3-5-14(12-19)16(13)18/h3-7,12,15H,2,8-11H2,1H3. The van der Waals surface area contributed by atoms with Crippen LogP contribution in [0.4, 0.5) is 0 Å². The summed E-state index contributed by atoms with van der Waals surface area (Å²) in [7, 11) is 0. The highest BCUT2D eigenvalue weighted by Crippen LogP contribution is 2.20. The second-order valence-electron chi connectivity index (χ2n) is 5.26. The first-order valence-electron chi connectivity index (χ1n) is 7.19. The van der Waals surface area contributed by atoms with E-state index in [-0.39, 0.29) is 6.10 Å². The molecular weight excluding hydrogens is 252 g/mol. The van der Waals surface area contributed by atoms with Crippen LogP contribution in [-0.4, -0.2) is 48.1 Å². The lowest BCUT2D eigenvalue weighted by Crippen LogP contribution is -2.43. The molecule has 0 radical (unpaired) electrons. The number of ether oxygens (including phenoxy) is 1. The van der Waals surface area contributed by atoms with Crippen molar-refractivity contribution in [2.75, 3.05) is 26.2 Å². The normalized spacial score (nSPS) is 20.4. The number of likely N-dealkylation sites (N-methyl/N-ethyl adjacent to an activating group) is 1. The van der Waals surface area contributed by atoms with E-state index in [0.29, 0.717) is 0 Å². The highest BCUT2D eigenvalue weighted by molar-refractivity contribution is 5.96. The van der Waals surface area contributed by atoms with E-state index in [9.17, 15) is 4.79 Å². The van der Waals surface area contributed by atoms with E-state index >= 15 is 0 Å². The number of nitrogens with zero attached hydrogens (tertiary/aromatic N) is 2. The Bertz CT molecular complexity index is 606. The molecule has 20 heavy (non-hydrogen) atoms. The average molecular weight is 272 g/mol. The Morgan fingerprint density at radius 1 is 1.40 bits per heavy atom. The maximum Gasteiger partial charge on any atom is 0.152 e. The maximum atomic E-state index is 11.2. The van der Waals surface area contributed by atoms with Crippen LogP contribution in [0.5, 0.6) is 0 Å². The van der Waals surface area contributed by atoms with Crippen molar-refractivity contribution < 1.29 is 9.53 Å². The number of fused-ring (bicyclic) bond motifs is 1. The van der Waals surface area contributed by atoms with Gasteiger partial charge in [-0.3, -0.25) is 9.69 Å². The lowest BCUT2D eigenvalue weighted by atomic mass is 10.1. The number of hydrogen-bond donors (Lipinski definition) is 0. The quantitative estimate of drug-likeness (QED) is 0.800. The number of morpholine rings is 1. The second-order valence-corrected chi connectivity index (χ2v) is 5.26. The number of aldehydes is 1. The zero-order valence-electron chi connectivity index (χ0n) is 11.8. The number of aromatic nitrogens is 1. The second kappa shape index (κ2) is 5.77. The highest BCUT2D eigenvalue weighted by atomic mass is 16.5. The minimum Gasteiger partial charge on any atom is -0.374 e. The topological polar surface area (TPSA) is 34.5 Å². The van der Waals surface area contributed by atoms with Gasteiger partial charge in [-0.2, -0.15) is 0 Å². The molecule has 1 aliphatic rings. The Kier molecular flexibility index (Phi) is 3.85. The number of hydrogen-bond acceptors (Lipinski definition) is 3. The van der Waals surface area contributed by atoms with Gasteiger partial charge in [0.1, 0.15) is 0 Å². The number of rotatable bonds is 4. The molecule has 0 spiro atoms. The molecule has 1 atom stereocenters. The minimum atomic E-state index is 0.194. The van der Waals surface area contributed by atoms with Crippen LogP contribution in [0.1, 0.15) is 17.3 Å². The Hall–Kier alpha value is -1.65. The van der Waals surface area contributed by atoms with Crippen LogP contribution in [0, 0.1) is 0 Å². The van der Waals surface area contributed by atoms with Crippen molar-refractivity contribution in [3.63, 3.8) is 0 Å². The van der Waals surface area contributed by atoms with Crippen LogP contribution < -0.4 is 0 Å². The van der Waals surface area contributed by atoms with E-state index in [1.54, 1.807) is 0 Å². The van der Waals surface area contributed by atoms with Crippen molar-refractivity contribution in [1.29, 1.82) is 0 Å². The number of carbonyl (C=O) groups excluding carboxylic acids is 1. The van der Waals surface area contributed by atoms with Crippen molar-refractivity contribution in [3.8, 4) is 0 Å². The third-order valence-electron chi connectivity index (χ3n) is 4.02. The molecule has 106 valence electrons. The molecular formula is C16H20N2O2. The molecule has 0 N–H and O–H groups in total. The van der Waals surface area contributed by atoms with Crippen molar-refractivity contribution >= 4 is 17.2 Å². The first-order valence-corrected chi connectivity index (χ1v) is 7.19. The first-order chi connectivity index (χ1) is 9.81. The lowest BCUT2D eigenvalue weighted by molar-refractivity contribution is -0.0337. The number of benzene rings is 1. The zero-order valence-corrected chi connectivity index (χ0v) is 11.8. The maximum absolute atomic E-state index is 11.2. The van der Waals surface area contributed by atoms with Gasteiger partial charge in [-0.15, -0.1) is 0 Å². The monoisotopic (exact) mass is 272 g/mol. The van der Waals surface area contributed by atoms with Crippen molar-refractivity contribution in [3.05, 3.63) is 36.0 Å². The van der Waals surface area contributed by atoms with Crippen LogP contribution in [-0.2, 0) is 11.3 Å². The third-order valence-corrected chi connectivity index (χ3v) is 4.02. The molecule has 3 rings (SSSR count). The molecule has 1 fully saturated rings. The van der Waals surface area contributed by atoms with Gasteiger partial charge in [-0.05, 0) is 18.7 Å². The molecule has 0 saturated carbocycles. The number of carbonyl (C=O) groups is 1. The molecule has 1 unspecified atom stereocenters. The molecule has 0 bridgehead atoms. The molecule has 0 amide bonds.